The van der Waals surface area contributed by atoms with Crippen molar-refractivity contribution in [1.29, 1.82) is 0 Å². The molecule has 0 aliphatic heterocycles. The molecule has 0 fully saturated rings. The fourth-order valence-corrected chi connectivity index (χ4v) is 3.21. The number of nitrogens with zero attached hydrogens (tertiary/aromatic N) is 2. The van der Waals surface area contributed by atoms with E-state index in [2.05, 4.69) is 54.3 Å². The molecule has 112 valence electrons. The van der Waals surface area contributed by atoms with E-state index in [0.717, 1.165) is 25.1 Å². The minimum Gasteiger partial charge on any atom is -0.379 e. The van der Waals surface area contributed by atoms with Crippen molar-refractivity contribution in [2.24, 2.45) is 0 Å². The molecule has 3 nitrogen and oxygen atoms in total. The van der Waals surface area contributed by atoms with Crippen molar-refractivity contribution in [2.75, 3.05) is 5.32 Å². The summed E-state index contributed by atoms with van der Waals surface area (Å²) in [6, 6.07) is 9.42. The van der Waals surface area contributed by atoms with Gasteiger partial charge in [-0.15, -0.1) is 0 Å². The van der Waals surface area contributed by atoms with Crippen molar-refractivity contribution in [3.8, 4) is 0 Å². The van der Waals surface area contributed by atoms with E-state index >= 15 is 0 Å². The molecule has 1 aliphatic rings. The van der Waals surface area contributed by atoms with E-state index in [9.17, 15) is 0 Å². The highest BCUT2D eigenvalue weighted by atomic mass is 15.3. The van der Waals surface area contributed by atoms with Gasteiger partial charge in [-0.25, -0.2) is 0 Å². The first-order valence-corrected chi connectivity index (χ1v) is 8.19. The Hall–Kier alpha value is -1.77. The number of fused-ring (bicyclic) bond motifs is 1. The maximum absolute atomic E-state index is 4.69. The Kier molecular flexibility index (Phi) is 4.28. The molecule has 0 unspecified atom stereocenters. The van der Waals surface area contributed by atoms with Crippen molar-refractivity contribution in [3.05, 3.63) is 47.3 Å². The molecule has 3 rings (SSSR count). The van der Waals surface area contributed by atoms with Crippen LogP contribution in [0.4, 0.5) is 5.69 Å². The zero-order chi connectivity index (χ0) is 14.7. The van der Waals surface area contributed by atoms with E-state index in [0.29, 0.717) is 6.04 Å². The summed E-state index contributed by atoms with van der Waals surface area (Å²) in [6.07, 6.45) is 8.16. The number of rotatable bonds is 6. The maximum Gasteiger partial charge on any atom is 0.0815 e. The standard InChI is InChI=1S/C18H25N3/c1-3-18(4-2)21-11-10-17(20-21)13-19-16-9-8-14-6-5-7-15(14)12-16/h8-12,18-19H,3-7,13H2,1-2H3. The number of anilines is 1. The first-order valence-electron chi connectivity index (χ1n) is 8.19. The van der Waals surface area contributed by atoms with Gasteiger partial charge in [0.1, 0.15) is 0 Å². The Bertz CT molecular complexity index is 596. The van der Waals surface area contributed by atoms with Crippen molar-refractivity contribution in [1.82, 2.24) is 9.78 Å². The predicted molar refractivity (Wildman–Crippen MR) is 87.6 cm³/mol. The fourth-order valence-electron chi connectivity index (χ4n) is 3.21. The van der Waals surface area contributed by atoms with Crippen molar-refractivity contribution >= 4 is 5.69 Å². The van der Waals surface area contributed by atoms with Crippen LogP contribution in [0.15, 0.2) is 30.5 Å². The van der Waals surface area contributed by atoms with E-state index in [-0.39, 0.29) is 0 Å². The van der Waals surface area contributed by atoms with Crippen LogP contribution in [0.1, 0.15) is 56.0 Å². The second-order valence-corrected chi connectivity index (χ2v) is 5.95. The molecule has 3 heteroatoms. The second kappa shape index (κ2) is 6.33. The molecular weight excluding hydrogens is 258 g/mol. The number of hydrogen-bond acceptors (Lipinski definition) is 2. The zero-order valence-electron chi connectivity index (χ0n) is 13.1. The van der Waals surface area contributed by atoms with Crippen LogP contribution < -0.4 is 5.32 Å². The first kappa shape index (κ1) is 14.2. The van der Waals surface area contributed by atoms with Crippen LogP contribution in [0.2, 0.25) is 0 Å². The lowest BCUT2D eigenvalue weighted by molar-refractivity contribution is 0.426. The second-order valence-electron chi connectivity index (χ2n) is 5.95. The van der Waals surface area contributed by atoms with Crippen LogP contribution in [0.3, 0.4) is 0 Å². The van der Waals surface area contributed by atoms with Crippen LogP contribution in [-0.2, 0) is 19.4 Å². The van der Waals surface area contributed by atoms with E-state index < -0.39 is 0 Å². The molecule has 0 atom stereocenters. The SMILES string of the molecule is CCC(CC)n1ccc(CNc2ccc3c(c2)CCC3)n1. The van der Waals surface area contributed by atoms with E-state index in [1.165, 1.54) is 36.1 Å². The summed E-state index contributed by atoms with van der Waals surface area (Å²) in [5.74, 6) is 0. The Labute approximate surface area is 127 Å². The number of benzene rings is 1. The van der Waals surface area contributed by atoms with Crippen molar-refractivity contribution in [2.45, 2.75) is 58.5 Å². The highest BCUT2D eigenvalue weighted by Crippen LogP contribution is 2.25. The molecule has 21 heavy (non-hydrogen) atoms. The third-order valence-corrected chi connectivity index (χ3v) is 4.55. The highest BCUT2D eigenvalue weighted by Gasteiger charge is 2.11. The van der Waals surface area contributed by atoms with E-state index in [1.807, 2.05) is 0 Å². The largest absolute Gasteiger partial charge is 0.379 e. The first-order chi connectivity index (χ1) is 10.3. The third-order valence-electron chi connectivity index (χ3n) is 4.55. The summed E-state index contributed by atoms with van der Waals surface area (Å²) < 4.78 is 2.11. The lowest BCUT2D eigenvalue weighted by Gasteiger charge is -2.12. The van der Waals surface area contributed by atoms with Crippen LogP contribution >= 0.6 is 0 Å². The van der Waals surface area contributed by atoms with Crippen LogP contribution in [0, 0.1) is 0 Å². The molecule has 0 saturated carbocycles. The monoisotopic (exact) mass is 283 g/mol. The number of nitrogens with one attached hydrogen (secondary N) is 1. The summed E-state index contributed by atoms with van der Waals surface area (Å²) in [5.41, 5.74) is 5.37. The van der Waals surface area contributed by atoms with Gasteiger partial charge in [0.25, 0.3) is 0 Å². The van der Waals surface area contributed by atoms with E-state index in [4.69, 9.17) is 5.10 Å². The van der Waals surface area contributed by atoms with Gasteiger partial charge < -0.3 is 5.32 Å². The molecule has 0 amide bonds. The quantitative estimate of drug-likeness (QED) is 0.854. The van der Waals surface area contributed by atoms with Gasteiger partial charge in [0.15, 0.2) is 0 Å². The lowest BCUT2D eigenvalue weighted by atomic mass is 10.1. The highest BCUT2D eigenvalue weighted by molar-refractivity contribution is 5.50. The van der Waals surface area contributed by atoms with Crippen LogP contribution in [-0.4, -0.2) is 9.78 Å². The van der Waals surface area contributed by atoms with Gasteiger partial charge in [-0.1, -0.05) is 19.9 Å². The van der Waals surface area contributed by atoms with Crippen LogP contribution in [0.25, 0.3) is 0 Å². The maximum atomic E-state index is 4.69. The van der Waals surface area contributed by atoms with Gasteiger partial charge in [0.05, 0.1) is 18.3 Å². The molecule has 2 aromatic rings. The molecule has 1 aromatic carbocycles. The number of hydrogen-bond donors (Lipinski definition) is 1. The molecule has 0 bridgehead atoms. The molecule has 0 saturated heterocycles. The minimum atomic E-state index is 0.527. The number of aryl methyl sites for hydroxylation is 2. The average molecular weight is 283 g/mol. The van der Waals surface area contributed by atoms with Crippen molar-refractivity contribution in [3.63, 3.8) is 0 Å². The zero-order valence-corrected chi connectivity index (χ0v) is 13.1. The average Bonchev–Trinajstić information content (AvgIpc) is 3.15. The lowest BCUT2D eigenvalue weighted by Crippen LogP contribution is -2.09. The summed E-state index contributed by atoms with van der Waals surface area (Å²) in [7, 11) is 0. The van der Waals surface area contributed by atoms with Gasteiger partial charge in [0.2, 0.25) is 0 Å². The molecule has 1 heterocycles. The normalized spacial score (nSPS) is 13.7. The Morgan fingerprint density at radius 1 is 1.14 bits per heavy atom. The molecular formula is C18H25N3. The summed E-state index contributed by atoms with van der Waals surface area (Å²) in [6.45, 7) is 5.24. The Morgan fingerprint density at radius 3 is 2.76 bits per heavy atom. The predicted octanol–water partition coefficient (Wildman–Crippen LogP) is 4.35. The number of aromatic nitrogens is 2. The molecule has 1 N–H and O–H groups in total. The molecule has 0 spiro atoms. The fraction of sp³-hybridized carbons (Fsp3) is 0.500. The van der Waals surface area contributed by atoms with Gasteiger partial charge >= 0.3 is 0 Å². The smallest absolute Gasteiger partial charge is 0.0815 e. The van der Waals surface area contributed by atoms with E-state index in [1.54, 1.807) is 0 Å². The minimum absolute atomic E-state index is 0.527. The summed E-state index contributed by atoms with van der Waals surface area (Å²) in [5, 5.41) is 8.20. The van der Waals surface area contributed by atoms with Gasteiger partial charge in [0, 0.05) is 11.9 Å². The molecule has 1 aromatic heterocycles. The Balaban J connectivity index is 1.62. The molecule has 0 radical (unpaired) electrons. The van der Waals surface area contributed by atoms with Crippen LogP contribution in [0.5, 0.6) is 0 Å². The summed E-state index contributed by atoms with van der Waals surface area (Å²) >= 11 is 0. The van der Waals surface area contributed by atoms with Gasteiger partial charge in [-0.3, -0.25) is 4.68 Å². The molecule has 1 aliphatic carbocycles. The summed E-state index contributed by atoms with van der Waals surface area (Å²) in [4.78, 5) is 0. The van der Waals surface area contributed by atoms with Gasteiger partial charge in [-0.2, -0.15) is 5.10 Å². The third kappa shape index (κ3) is 3.12. The van der Waals surface area contributed by atoms with Gasteiger partial charge in [-0.05, 0) is 61.4 Å². The Morgan fingerprint density at radius 2 is 1.95 bits per heavy atom. The topological polar surface area (TPSA) is 29.9 Å². The van der Waals surface area contributed by atoms with Crippen molar-refractivity contribution < 1.29 is 0 Å².